The summed E-state index contributed by atoms with van der Waals surface area (Å²) in [7, 11) is 1.67. The monoisotopic (exact) mass is 341 g/mol. The molecule has 134 valence electrons. The number of guanidine groups is 1. The molecule has 0 amide bonds. The minimum absolute atomic E-state index is 0.0173. The first-order valence-corrected chi connectivity index (χ1v) is 8.49. The molecule has 0 spiro atoms. The standard InChI is InChI=1S/C20H27N3O2/c1-4-17(25-18-10-7-8-15(2)12-18)13-22-20(21)23-19-11-6-5-9-16(19)14-24-3/h5-12,17H,4,13-14H2,1-3H3,(H3,21,22,23). The van der Waals surface area contributed by atoms with Crippen molar-refractivity contribution < 1.29 is 9.47 Å². The van der Waals surface area contributed by atoms with Crippen molar-refractivity contribution >= 4 is 11.6 Å². The Bertz CT molecular complexity index is 701. The molecule has 3 N–H and O–H groups in total. The van der Waals surface area contributed by atoms with Gasteiger partial charge in [-0.05, 0) is 37.1 Å². The SMILES string of the molecule is CCC(CN=C(N)Nc1ccccc1COC)Oc1cccc(C)c1. The zero-order chi connectivity index (χ0) is 18.1. The van der Waals surface area contributed by atoms with E-state index < -0.39 is 0 Å². The van der Waals surface area contributed by atoms with E-state index in [0.717, 1.165) is 23.4 Å². The lowest BCUT2D eigenvalue weighted by atomic mass is 10.2. The average molecular weight is 341 g/mol. The van der Waals surface area contributed by atoms with Crippen molar-refractivity contribution in [3.8, 4) is 5.75 Å². The van der Waals surface area contributed by atoms with Crippen molar-refractivity contribution in [3.63, 3.8) is 0 Å². The maximum absolute atomic E-state index is 6.03. The third-order valence-electron chi connectivity index (χ3n) is 3.79. The van der Waals surface area contributed by atoms with Gasteiger partial charge in [0.2, 0.25) is 0 Å². The van der Waals surface area contributed by atoms with Crippen LogP contribution in [-0.4, -0.2) is 25.7 Å². The van der Waals surface area contributed by atoms with E-state index in [-0.39, 0.29) is 6.10 Å². The minimum Gasteiger partial charge on any atom is -0.489 e. The number of hydrogen-bond acceptors (Lipinski definition) is 3. The van der Waals surface area contributed by atoms with Gasteiger partial charge >= 0.3 is 0 Å². The summed E-state index contributed by atoms with van der Waals surface area (Å²) in [6.07, 6.45) is 0.835. The topological polar surface area (TPSA) is 68.9 Å². The first kappa shape index (κ1) is 18.8. The van der Waals surface area contributed by atoms with Crippen LogP contribution in [-0.2, 0) is 11.3 Å². The zero-order valence-electron chi connectivity index (χ0n) is 15.2. The van der Waals surface area contributed by atoms with Crippen molar-refractivity contribution in [2.24, 2.45) is 10.7 Å². The Morgan fingerprint density at radius 3 is 2.72 bits per heavy atom. The second kappa shape index (κ2) is 9.69. The molecule has 0 heterocycles. The van der Waals surface area contributed by atoms with E-state index in [0.29, 0.717) is 19.1 Å². The van der Waals surface area contributed by atoms with Gasteiger partial charge in [0.05, 0.1) is 13.2 Å². The van der Waals surface area contributed by atoms with E-state index in [1.807, 2.05) is 55.5 Å². The highest BCUT2D eigenvalue weighted by atomic mass is 16.5. The van der Waals surface area contributed by atoms with E-state index in [2.05, 4.69) is 17.2 Å². The van der Waals surface area contributed by atoms with Gasteiger partial charge in [-0.15, -0.1) is 0 Å². The molecular weight excluding hydrogens is 314 g/mol. The van der Waals surface area contributed by atoms with Crippen LogP contribution in [0.2, 0.25) is 0 Å². The van der Waals surface area contributed by atoms with Crippen LogP contribution in [0.15, 0.2) is 53.5 Å². The summed E-state index contributed by atoms with van der Waals surface area (Å²) in [5.41, 5.74) is 9.14. The van der Waals surface area contributed by atoms with Gasteiger partial charge in [-0.3, -0.25) is 0 Å². The van der Waals surface area contributed by atoms with Crippen LogP contribution in [0.5, 0.6) is 5.75 Å². The fourth-order valence-electron chi connectivity index (χ4n) is 2.43. The van der Waals surface area contributed by atoms with Gasteiger partial charge in [0, 0.05) is 18.4 Å². The fraction of sp³-hybridized carbons (Fsp3) is 0.350. The highest BCUT2D eigenvalue weighted by molar-refractivity contribution is 5.92. The Morgan fingerprint density at radius 1 is 1.20 bits per heavy atom. The number of nitrogens with one attached hydrogen (secondary N) is 1. The fourth-order valence-corrected chi connectivity index (χ4v) is 2.43. The first-order valence-electron chi connectivity index (χ1n) is 8.49. The van der Waals surface area contributed by atoms with Gasteiger partial charge in [0.15, 0.2) is 5.96 Å². The second-order valence-corrected chi connectivity index (χ2v) is 5.91. The number of hydrogen-bond donors (Lipinski definition) is 2. The van der Waals surface area contributed by atoms with Crippen molar-refractivity contribution in [2.45, 2.75) is 33.0 Å². The van der Waals surface area contributed by atoms with Crippen molar-refractivity contribution in [3.05, 3.63) is 59.7 Å². The molecule has 0 aliphatic rings. The van der Waals surface area contributed by atoms with Crippen LogP contribution in [0, 0.1) is 6.92 Å². The predicted molar refractivity (Wildman–Crippen MR) is 103 cm³/mol. The van der Waals surface area contributed by atoms with Gasteiger partial charge in [0.1, 0.15) is 11.9 Å². The van der Waals surface area contributed by atoms with E-state index in [9.17, 15) is 0 Å². The van der Waals surface area contributed by atoms with Crippen LogP contribution in [0.1, 0.15) is 24.5 Å². The summed E-state index contributed by atoms with van der Waals surface area (Å²) >= 11 is 0. The molecule has 0 aliphatic heterocycles. The maximum Gasteiger partial charge on any atom is 0.193 e. The molecule has 5 heteroatoms. The predicted octanol–water partition coefficient (Wildman–Crippen LogP) is 3.73. The first-order chi connectivity index (χ1) is 12.1. The molecule has 2 aromatic rings. The van der Waals surface area contributed by atoms with Crippen molar-refractivity contribution in [1.82, 2.24) is 0 Å². The third-order valence-corrected chi connectivity index (χ3v) is 3.79. The molecule has 0 saturated heterocycles. The van der Waals surface area contributed by atoms with Crippen LogP contribution in [0.4, 0.5) is 5.69 Å². The van der Waals surface area contributed by atoms with Gasteiger partial charge in [-0.1, -0.05) is 37.3 Å². The largest absolute Gasteiger partial charge is 0.489 e. The average Bonchev–Trinajstić information content (AvgIpc) is 2.60. The molecule has 0 bridgehead atoms. The van der Waals surface area contributed by atoms with E-state index in [4.69, 9.17) is 15.2 Å². The summed E-state index contributed by atoms with van der Waals surface area (Å²) in [4.78, 5) is 4.43. The molecule has 1 unspecified atom stereocenters. The number of para-hydroxylation sites is 1. The Labute approximate surface area is 149 Å². The number of methoxy groups -OCH3 is 1. The Kier molecular flexibility index (Phi) is 7.29. The number of aliphatic imine (C=N–C) groups is 1. The van der Waals surface area contributed by atoms with Crippen molar-refractivity contribution in [2.75, 3.05) is 19.0 Å². The number of aryl methyl sites for hydroxylation is 1. The molecule has 0 saturated carbocycles. The molecule has 0 fully saturated rings. The molecular formula is C20H27N3O2. The Hall–Kier alpha value is -2.53. The summed E-state index contributed by atoms with van der Waals surface area (Å²) in [5, 5.41) is 3.14. The van der Waals surface area contributed by atoms with E-state index in [1.165, 1.54) is 5.56 Å². The maximum atomic E-state index is 6.03. The van der Waals surface area contributed by atoms with E-state index in [1.54, 1.807) is 7.11 Å². The summed E-state index contributed by atoms with van der Waals surface area (Å²) in [6.45, 7) is 5.14. The molecule has 25 heavy (non-hydrogen) atoms. The van der Waals surface area contributed by atoms with Crippen LogP contribution in [0.25, 0.3) is 0 Å². The highest BCUT2D eigenvalue weighted by Gasteiger charge is 2.09. The quantitative estimate of drug-likeness (QED) is 0.567. The normalized spacial score (nSPS) is 12.7. The molecule has 1 atom stereocenters. The zero-order valence-corrected chi connectivity index (χ0v) is 15.2. The molecule has 0 aromatic heterocycles. The lowest BCUT2D eigenvalue weighted by molar-refractivity contribution is 0.185. The minimum atomic E-state index is -0.0173. The Balaban J connectivity index is 1.97. The number of rotatable bonds is 8. The number of benzene rings is 2. The lowest BCUT2D eigenvalue weighted by Crippen LogP contribution is -2.27. The summed E-state index contributed by atoms with van der Waals surface area (Å²) < 4.78 is 11.2. The Morgan fingerprint density at radius 2 is 2.00 bits per heavy atom. The summed E-state index contributed by atoms with van der Waals surface area (Å²) in [5.74, 6) is 1.23. The van der Waals surface area contributed by atoms with Gasteiger partial charge in [-0.25, -0.2) is 4.99 Å². The molecule has 2 rings (SSSR count). The smallest absolute Gasteiger partial charge is 0.193 e. The highest BCUT2D eigenvalue weighted by Crippen LogP contribution is 2.17. The second-order valence-electron chi connectivity index (χ2n) is 5.91. The number of nitrogens with zero attached hydrogens (tertiary/aromatic N) is 1. The van der Waals surface area contributed by atoms with Crippen molar-refractivity contribution in [1.29, 1.82) is 0 Å². The summed E-state index contributed by atoms with van der Waals surface area (Å²) in [6, 6.07) is 15.9. The molecule has 5 nitrogen and oxygen atoms in total. The number of nitrogens with two attached hydrogens (primary N) is 1. The number of anilines is 1. The van der Waals surface area contributed by atoms with Gasteiger partial charge in [0.25, 0.3) is 0 Å². The van der Waals surface area contributed by atoms with Gasteiger partial charge < -0.3 is 20.5 Å². The lowest BCUT2D eigenvalue weighted by Gasteiger charge is -2.17. The van der Waals surface area contributed by atoms with Crippen LogP contribution < -0.4 is 15.8 Å². The molecule has 0 aliphatic carbocycles. The molecule has 2 aromatic carbocycles. The van der Waals surface area contributed by atoms with E-state index >= 15 is 0 Å². The third kappa shape index (κ3) is 6.12. The van der Waals surface area contributed by atoms with Crippen LogP contribution >= 0.6 is 0 Å². The van der Waals surface area contributed by atoms with Crippen LogP contribution in [0.3, 0.4) is 0 Å². The molecule has 0 radical (unpaired) electrons. The number of ether oxygens (including phenoxy) is 2. The van der Waals surface area contributed by atoms with Gasteiger partial charge in [-0.2, -0.15) is 0 Å².